The van der Waals surface area contributed by atoms with Gasteiger partial charge >= 0.3 is 0 Å². The zero-order valence-corrected chi connectivity index (χ0v) is 18.2. The van der Waals surface area contributed by atoms with Crippen molar-refractivity contribution in [1.82, 2.24) is 10.2 Å². The van der Waals surface area contributed by atoms with Gasteiger partial charge in [-0.15, -0.1) is 5.10 Å². The van der Waals surface area contributed by atoms with Gasteiger partial charge < -0.3 is 10.1 Å². The molecule has 29 heavy (non-hydrogen) atoms. The van der Waals surface area contributed by atoms with Gasteiger partial charge in [-0.1, -0.05) is 27.7 Å². The maximum absolute atomic E-state index is 12.2. The Labute approximate surface area is 181 Å². The molecular weight excluding hydrogens is 452 g/mol. The molecule has 3 aromatic rings. The van der Waals surface area contributed by atoms with Crippen molar-refractivity contribution in [2.24, 2.45) is 0 Å². The zero-order chi connectivity index (χ0) is 20.8. The Balaban J connectivity index is 1.56. The van der Waals surface area contributed by atoms with E-state index in [-0.39, 0.29) is 11.7 Å². The average Bonchev–Trinajstić information content (AvgIpc) is 2.72. The topological polar surface area (TPSA) is 87.9 Å². The van der Waals surface area contributed by atoms with Crippen LogP contribution in [0.15, 0.2) is 58.0 Å². The monoisotopic (exact) mass is 468 g/mol. The first-order valence-electron chi connectivity index (χ1n) is 8.66. The summed E-state index contributed by atoms with van der Waals surface area (Å²) in [6.07, 6.45) is 0. The van der Waals surface area contributed by atoms with Crippen LogP contribution in [-0.4, -0.2) is 21.9 Å². The summed E-state index contributed by atoms with van der Waals surface area (Å²) in [6.45, 7) is 3.62. The van der Waals surface area contributed by atoms with Gasteiger partial charge in [-0.2, -0.15) is 10.4 Å². The van der Waals surface area contributed by atoms with Gasteiger partial charge in [0.05, 0.1) is 17.0 Å². The lowest BCUT2D eigenvalue weighted by Crippen LogP contribution is -2.14. The highest BCUT2D eigenvalue weighted by Crippen LogP contribution is 2.25. The third kappa shape index (κ3) is 5.56. The highest BCUT2D eigenvalue weighted by molar-refractivity contribution is 9.10. The number of amides is 1. The quantitative estimate of drug-likeness (QED) is 0.496. The van der Waals surface area contributed by atoms with E-state index in [1.165, 1.54) is 11.8 Å². The van der Waals surface area contributed by atoms with Gasteiger partial charge in [-0.05, 0) is 67.9 Å². The first-order valence-corrected chi connectivity index (χ1v) is 10.4. The molecule has 0 bridgehead atoms. The molecule has 3 rings (SSSR count). The maximum Gasteiger partial charge on any atom is 0.234 e. The Morgan fingerprint density at radius 1 is 1.10 bits per heavy atom. The summed E-state index contributed by atoms with van der Waals surface area (Å²) < 4.78 is 6.74. The maximum atomic E-state index is 12.2. The fraction of sp³-hybridized carbons (Fsp3) is 0.143. The molecule has 2 aromatic carbocycles. The van der Waals surface area contributed by atoms with Crippen LogP contribution in [-0.2, 0) is 4.79 Å². The summed E-state index contributed by atoms with van der Waals surface area (Å²) in [5, 5.41) is 20.7. The van der Waals surface area contributed by atoms with Crippen LogP contribution in [0.3, 0.4) is 0 Å². The van der Waals surface area contributed by atoms with Gasteiger partial charge in [-0.3, -0.25) is 4.79 Å². The number of benzene rings is 2. The number of carbonyl (C=O) groups is 1. The molecule has 0 aliphatic heterocycles. The molecule has 0 atom stereocenters. The van der Waals surface area contributed by atoms with Gasteiger partial charge in [0, 0.05) is 10.2 Å². The molecule has 6 nitrogen and oxygen atoms in total. The number of nitrogens with zero attached hydrogens (tertiary/aromatic N) is 3. The van der Waals surface area contributed by atoms with Gasteiger partial charge in [-0.25, -0.2) is 0 Å². The van der Waals surface area contributed by atoms with Crippen LogP contribution in [0.5, 0.6) is 11.5 Å². The first-order chi connectivity index (χ1) is 14.0. The number of aromatic nitrogens is 2. The molecular formula is C21H17BrN4O2S. The standard InChI is InChI=1S/C21H17BrN4O2S/c1-13-14(2)25-26-21(19(13)11-23)29-12-20(27)24-16-5-9-18(10-6-16)28-17-7-3-15(22)4-8-17/h3-10H,12H2,1-2H3,(H,24,27). The minimum absolute atomic E-state index is 0.128. The minimum Gasteiger partial charge on any atom is -0.457 e. The summed E-state index contributed by atoms with van der Waals surface area (Å²) in [5.74, 6) is 1.33. The van der Waals surface area contributed by atoms with E-state index < -0.39 is 0 Å². The van der Waals surface area contributed by atoms with Crippen LogP contribution in [0.2, 0.25) is 0 Å². The molecule has 0 saturated carbocycles. The Morgan fingerprint density at radius 2 is 1.72 bits per heavy atom. The molecule has 0 unspecified atom stereocenters. The highest BCUT2D eigenvalue weighted by atomic mass is 79.9. The second-order valence-electron chi connectivity index (χ2n) is 6.12. The molecule has 0 aliphatic carbocycles. The predicted octanol–water partition coefficient (Wildman–Crippen LogP) is 5.25. The van der Waals surface area contributed by atoms with Crippen LogP contribution >= 0.6 is 27.7 Å². The molecule has 146 valence electrons. The number of nitrogens with one attached hydrogen (secondary N) is 1. The molecule has 8 heteroatoms. The van der Waals surface area contributed by atoms with Crippen molar-refractivity contribution in [1.29, 1.82) is 5.26 Å². The number of hydrogen-bond donors (Lipinski definition) is 1. The third-order valence-electron chi connectivity index (χ3n) is 4.06. The summed E-state index contributed by atoms with van der Waals surface area (Å²) in [7, 11) is 0. The molecule has 0 saturated heterocycles. The van der Waals surface area contributed by atoms with Gasteiger partial charge in [0.1, 0.15) is 22.6 Å². The SMILES string of the molecule is Cc1nnc(SCC(=O)Nc2ccc(Oc3ccc(Br)cc3)cc2)c(C#N)c1C. The number of nitriles is 1. The lowest BCUT2D eigenvalue weighted by molar-refractivity contribution is -0.113. The van der Waals surface area contributed by atoms with Crippen molar-refractivity contribution < 1.29 is 9.53 Å². The summed E-state index contributed by atoms with van der Waals surface area (Å²) in [4.78, 5) is 12.2. The molecule has 1 N–H and O–H groups in total. The van der Waals surface area contributed by atoms with Crippen LogP contribution in [0.1, 0.15) is 16.8 Å². The summed E-state index contributed by atoms with van der Waals surface area (Å²) in [6, 6.07) is 16.8. The molecule has 0 radical (unpaired) electrons. The van der Waals surface area contributed by atoms with E-state index in [0.717, 1.165) is 15.8 Å². The van der Waals surface area contributed by atoms with E-state index in [1.54, 1.807) is 31.2 Å². The third-order valence-corrected chi connectivity index (χ3v) is 5.56. The lowest BCUT2D eigenvalue weighted by atomic mass is 10.1. The molecule has 0 fully saturated rings. The molecule has 0 spiro atoms. The largest absolute Gasteiger partial charge is 0.457 e. The van der Waals surface area contributed by atoms with E-state index in [9.17, 15) is 10.1 Å². The van der Waals surface area contributed by atoms with Crippen molar-refractivity contribution in [3.63, 3.8) is 0 Å². The number of hydrogen-bond acceptors (Lipinski definition) is 6. The van der Waals surface area contributed by atoms with Crippen LogP contribution in [0.25, 0.3) is 0 Å². The van der Waals surface area contributed by atoms with Crippen LogP contribution in [0, 0.1) is 25.2 Å². The van der Waals surface area contributed by atoms with Gasteiger partial charge in [0.25, 0.3) is 0 Å². The first kappa shape index (κ1) is 20.8. The van der Waals surface area contributed by atoms with Crippen molar-refractivity contribution in [2.45, 2.75) is 18.9 Å². The number of thioether (sulfide) groups is 1. The van der Waals surface area contributed by atoms with Gasteiger partial charge in [0.15, 0.2) is 0 Å². The average molecular weight is 469 g/mol. The number of aryl methyl sites for hydroxylation is 1. The van der Waals surface area contributed by atoms with E-state index in [2.05, 4.69) is 37.5 Å². The van der Waals surface area contributed by atoms with E-state index in [4.69, 9.17) is 4.74 Å². The van der Waals surface area contributed by atoms with E-state index >= 15 is 0 Å². The van der Waals surface area contributed by atoms with Crippen molar-refractivity contribution in [3.8, 4) is 17.6 Å². The minimum atomic E-state index is -0.194. The molecule has 0 aliphatic rings. The van der Waals surface area contributed by atoms with Crippen LogP contribution in [0.4, 0.5) is 5.69 Å². The lowest BCUT2D eigenvalue weighted by Gasteiger charge is -2.09. The number of anilines is 1. The molecule has 1 amide bonds. The molecule has 1 heterocycles. The highest BCUT2D eigenvalue weighted by Gasteiger charge is 2.13. The van der Waals surface area contributed by atoms with Crippen LogP contribution < -0.4 is 10.1 Å². The zero-order valence-electron chi connectivity index (χ0n) is 15.8. The van der Waals surface area contributed by atoms with Crippen molar-refractivity contribution >= 4 is 39.3 Å². The smallest absolute Gasteiger partial charge is 0.234 e. The predicted molar refractivity (Wildman–Crippen MR) is 116 cm³/mol. The number of ether oxygens (including phenoxy) is 1. The Kier molecular flexibility index (Phi) is 6.86. The van der Waals surface area contributed by atoms with E-state index in [1.807, 2.05) is 31.2 Å². The fourth-order valence-electron chi connectivity index (χ4n) is 2.40. The second kappa shape index (κ2) is 9.54. The van der Waals surface area contributed by atoms with Gasteiger partial charge in [0.2, 0.25) is 5.91 Å². The number of carbonyl (C=O) groups excluding carboxylic acids is 1. The van der Waals surface area contributed by atoms with E-state index in [0.29, 0.717) is 27.7 Å². The second-order valence-corrected chi connectivity index (χ2v) is 8.00. The molecule has 1 aromatic heterocycles. The normalized spacial score (nSPS) is 10.3. The van der Waals surface area contributed by atoms with Crippen molar-refractivity contribution in [3.05, 3.63) is 69.8 Å². The summed E-state index contributed by atoms with van der Waals surface area (Å²) >= 11 is 4.58. The van der Waals surface area contributed by atoms with Crippen molar-refractivity contribution in [2.75, 3.05) is 11.1 Å². The Morgan fingerprint density at radius 3 is 2.34 bits per heavy atom. The Hall–Kier alpha value is -2.89. The number of rotatable bonds is 6. The summed E-state index contributed by atoms with van der Waals surface area (Å²) in [5.41, 5.74) is 2.61. The number of halogens is 1. The fourth-order valence-corrected chi connectivity index (χ4v) is 3.44. The Bertz CT molecular complexity index is 1060.